The molecular formula is C6H13N2O3-. The minimum absolute atomic E-state index is 0.343. The van der Waals surface area contributed by atoms with E-state index in [-0.39, 0.29) is 0 Å². The molecule has 0 aromatic rings. The number of carboxylic acid groups (broad SMARTS) is 1. The Labute approximate surface area is 65.2 Å². The van der Waals surface area contributed by atoms with Gasteiger partial charge in [-0.25, -0.2) is 0 Å². The van der Waals surface area contributed by atoms with E-state index in [0.717, 1.165) is 6.42 Å². The summed E-state index contributed by atoms with van der Waals surface area (Å²) in [5, 5.41) is 18.4. The molecule has 0 heterocycles. The predicted molar refractivity (Wildman–Crippen MR) is 40.8 cm³/mol. The molecule has 0 amide bonds. The number of unbranched alkanes of at least 4 members (excludes halogenated alkanes) is 1. The zero-order valence-corrected chi connectivity index (χ0v) is 6.25. The molecule has 0 saturated heterocycles. The number of hydrogen-bond acceptors (Lipinski definition) is 4. The van der Waals surface area contributed by atoms with Gasteiger partial charge in [-0.2, -0.15) is 0 Å². The summed E-state index contributed by atoms with van der Waals surface area (Å²) < 4.78 is 0. The van der Waals surface area contributed by atoms with Crippen molar-refractivity contribution >= 4 is 5.97 Å². The van der Waals surface area contributed by atoms with E-state index in [1.807, 2.05) is 0 Å². The zero-order chi connectivity index (χ0) is 8.69. The lowest BCUT2D eigenvalue weighted by Gasteiger charge is -2.16. The highest BCUT2D eigenvalue weighted by molar-refractivity contribution is 5.73. The van der Waals surface area contributed by atoms with Crippen LogP contribution in [-0.4, -0.2) is 23.7 Å². The lowest BCUT2D eigenvalue weighted by atomic mass is 10.1. The third kappa shape index (κ3) is 4.72. The molecular weight excluding hydrogens is 148 g/mol. The Kier molecular flexibility index (Phi) is 5.73. The minimum Gasteiger partial charge on any atom is -0.787 e. The van der Waals surface area contributed by atoms with Crippen LogP contribution < -0.4 is 11.2 Å². The topological polar surface area (TPSA) is 98.4 Å². The molecule has 66 valence electrons. The standard InChI is InChI=1S/C6H13N2O3/c7-4-2-1-3-5(8-11)6(9)10/h5,8H,1-4,7H2,(H,9,10)/q-1/t5-/m0/s1. The van der Waals surface area contributed by atoms with Gasteiger partial charge < -0.3 is 21.5 Å². The highest BCUT2D eigenvalue weighted by Gasteiger charge is 2.10. The molecule has 0 bridgehead atoms. The average molecular weight is 161 g/mol. The van der Waals surface area contributed by atoms with Crippen LogP contribution >= 0.6 is 0 Å². The molecule has 0 fully saturated rings. The van der Waals surface area contributed by atoms with E-state index in [0.29, 0.717) is 19.4 Å². The van der Waals surface area contributed by atoms with Gasteiger partial charge in [0.25, 0.3) is 0 Å². The van der Waals surface area contributed by atoms with Crippen LogP contribution in [0.3, 0.4) is 0 Å². The Morgan fingerprint density at radius 1 is 1.64 bits per heavy atom. The van der Waals surface area contributed by atoms with Crippen LogP contribution in [0.15, 0.2) is 0 Å². The van der Waals surface area contributed by atoms with Gasteiger partial charge in [0.1, 0.15) is 0 Å². The number of nitrogens with one attached hydrogen (secondary N) is 1. The molecule has 5 nitrogen and oxygen atoms in total. The molecule has 4 N–H and O–H groups in total. The summed E-state index contributed by atoms with van der Waals surface area (Å²) in [4.78, 5) is 10.2. The van der Waals surface area contributed by atoms with E-state index in [2.05, 4.69) is 0 Å². The van der Waals surface area contributed by atoms with E-state index in [9.17, 15) is 10.0 Å². The second-order valence-corrected chi connectivity index (χ2v) is 2.29. The van der Waals surface area contributed by atoms with Gasteiger partial charge in [0.2, 0.25) is 0 Å². The Morgan fingerprint density at radius 3 is 2.64 bits per heavy atom. The first-order chi connectivity index (χ1) is 5.22. The first kappa shape index (κ1) is 10.3. The fraction of sp³-hybridized carbons (Fsp3) is 0.833. The van der Waals surface area contributed by atoms with Crippen molar-refractivity contribution in [1.82, 2.24) is 5.48 Å². The van der Waals surface area contributed by atoms with Gasteiger partial charge in [-0.1, -0.05) is 6.42 Å². The molecule has 0 aromatic carbocycles. The van der Waals surface area contributed by atoms with Crippen molar-refractivity contribution in [2.45, 2.75) is 25.3 Å². The molecule has 11 heavy (non-hydrogen) atoms. The van der Waals surface area contributed by atoms with Crippen molar-refractivity contribution in [1.29, 1.82) is 0 Å². The molecule has 0 aliphatic heterocycles. The van der Waals surface area contributed by atoms with Crippen LogP contribution in [0.2, 0.25) is 0 Å². The highest BCUT2D eigenvalue weighted by Crippen LogP contribution is 1.99. The Balaban J connectivity index is 3.44. The molecule has 0 spiro atoms. The number of hydrogen-bond donors (Lipinski definition) is 3. The number of carbonyl (C=O) groups is 1. The number of aliphatic carboxylic acids is 1. The van der Waals surface area contributed by atoms with Gasteiger partial charge >= 0.3 is 5.97 Å². The van der Waals surface area contributed by atoms with Crippen molar-refractivity contribution in [2.24, 2.45) is 5.73 Å². The number of rotatable bonds is 6. The molecule has 0 rings (SSSR count). The fourth-order valence-corrected chi connectivity index (χ4v) is 0.726. The first-order valence-corrected chi connectivity index (χ1v) is 3.53. The van der Waals surface area contributed by atoms with Crippen LogP contribution in [0.1, 0.15) is 19.3 Å². The van der Waals surface area contributed by atoms with Gasteiger partial charge in [-0.05, 0) is 19.4 Å². The number of hydroxylamine groups is 1. The first-order valence-electron chi connectivity index (χ1n) is 3.53. The van der Waals surface area contributed by atoms with E-state index in [1.54, 1.807) is 0 Å². The van der Waals surface area contributed by atoms with Crippen LogP contribution in [-0.2, 0) is 4.79 Å². The van der Waals surface area contributed by atoms with Crippen molar-refractivity contribution < 1.29 is 9.90 Å². The van der Waals surface area contributed by atoms with E-state index in [4.69, 9.17) is 10.8 Å². The molecule has 0 aliphatic carbocycles. The second-order valence-electron chi connectivity index (χ2n) is 2.29. The lowest BCUT2D eigenvalue weighted by molar-refractivity contribution is -0.139. The summed E-state index contributed by atoms with van der Waals surface area (Å²) in [5.74, 6) is -1.10. The Bertz CT molecular complexity index is 118. The van der Waals surface area contributed by atoms with Crippen molar-refractivity contribution in [3.05, 3.63) is 5.21 Å². The Morgan fingerprint density at radius 2 is 2.27 bits per heavy atom. The summed E-state index contributed by atoms with van der Waals surface area (Å²) in [6, 6.07) is -0.971. The van der Waals surface area contributed by atoms with Crippen LogP contribution in [0.25, 0.3) is 0 Å². The largest absolute Gasteiger partial charge is 0.787 e. The Hall–Kier alpha value is -0.650. The monoisotopic (exact) mass is 161 g/mol. The summed E-state index contributed by atoms with van der Waals surface area (Å²) in [5.41, 5.74) is 6.66. The van der Waals surface area contributed by atoms with E-state index in [1.165, 1.54) is 5.48 Å². The summed E-state index contributed by atoms with van der Waals surface area (Å²) >= 11 is 0. The quantitative estimate of drug-likeness (QED) is 0.365. The van der Waals surface area contributed by atoms with Crippen molar-refractivity contribution in [2.75, 3.05) is 6.54 Å². The molecule has 0 saturated carbocycles. The van der Waals surface area contributed by atoms with Crippen LogP contribution in [0.4, 0.5) is 0 Å². The molecule has 0 unspecified atom stereocenters. The zero-order valence-electron chi connectivity index (χ0n) is 6.25. The molecule has 0 radical (unpaired) electrons. The fourth-order valence-electron chi connectivity index (χ4n) is 0.726. The minimum atomic E-state index is -1.10. The van der Waals surface area contributed by atoms with Crippen molar-refractivity contribution in [3.8, 4) is 0 Å². The maximum atomic E-state index is 10.2. The van der Waals surface area contributed by atoms with Gasteiger partial charge in [0.15, 0.2) is 0 Å². The maximum Gasteiger partial charge on any atom is 0.319 e. The molecule has 0 aliphatic rings. The smallest absolute Gasteiger partial charge is 0.319 e. The third-order valence-corrected chi connectivity index (χ3v) is 1.39. The lowest BCUT2D eigenvalue weighted by Crippen LogP contribution is -2.32. The van der Waals surface area contributed by atoms with Crippen molar-refractivity contribution in [3.63, 3.8) is 0 Å². The van der Waals surface area contributed by atoms with Gasteiger partial charge in [-0.3, -0.25) is 4.79 Å². The summed E-state index contributed by atoms with van der Waals surface area (Å²) in [7, 11) is 0. The van der Waals surface area contributed by atoms with E-state index < -0.39 is 12.0 Å². The van der Waals surface area contributed by atoms with Crippen LogP contribution in [0.5, 0.6) is 0 Å². The molecule has 0 aromatic heterocycles. The normalized spacial score (nSPS) is 12.9. The average Bonchev–Trinajstić information content (AvgIpc) is 1.97. The highest BCUT2D eigenvalue weighted by atomic mass is 16.5. The third-order valence-electron chi connectivity index (χ3n) is 1.39. The van der Waals surface area contributed by atoms with Crippen LogP contribution in [0, 0.1) is 5.21 Å². The van der Waals surface area contributed by atoms with E-state index >= 15 is 0 Å². The SMILES string of the molecule is NCCCC[C@H](N[O-])C(=O)O. The summed E-state index contributed by atoms with van der Waals surface area (Å²) in [6.07, 6.45) is 1.77. The molecule has 5 heteroatoms. The molecule has 1 atom stereocenters. The predicted octanol–water partition coefficient (Wildman–Crippen LogP) is -0.344. The maximum absolute atomic E-state index is 10.2. The summed E-state index contributed by atoms with van der Waals surface area (Å²) in [6.45, 7) is 0.533. The van der Waals surface area contributed by atoms with Gasteiger partial charge in [0, 0.05) is 0 Å². The number of carboxylic acids is 1. The van der Waals surface area contributed by atoms with Gasteiger partial charge in [-0.15, -0.1) is 0 Å². The number of nitrogens with two attached hydrogens (primary N) is 1. The van der Waals surface area contributed by atoms with Gasteiger partial charge in [0.05, 0.1) is 6.04 Å². The second kappa shape index (κ2) is 6.09.